The highest BCUT2D eigenvalue weighted by Crippen LogP contribution is 2.31. The van der Waals surface area contributed by atoms with Crippen molar-refractivity contribution in [2.45, 2.75) is 33.6 Å². The van der Waals surface area contributed by atoms with Crippen LogP contribution in [0.2, 0.25) is 0 Å². The number of carbonyl (C=O) groups excluding carboxylic acids is 1. The van der Waals surface area contributed by atoms with Gasteiger partial charge in [0.1, 0.15) is 0 Å². The zero-order valence-corrected chi connectivity index (χ0v) is 10.3. The van der Waals surface area contributed by atoms with Crippen molar-refractivity contribution in [2.75, 3.05) is 11.4 Å². The number of anilines is 1. The molecule has 0 aromatic heterocycles. The number of amides is 1. The summed E-state index contributed by atoms with van der Waals surface area (Å²) >= 11 is 0. The number of hydrogen-bond donors (Lipinski definition) is 0. The molecule has 0 atom stereocenters. The number of para-hydroxylation sites is 1. The molecule has 0 bridgehead atoms. The van der Waals surface area contributed by atoms with E-state index in [0.717, 1.165) is 25.1 Å². The molecule has 86 valence electrons. The topological polar surface area (TPSA) is 20.3 Å². The van der Waals surface area contributed by atoms with Gasteiger partial charge >= 0.3 is 0 Å². The summed E-state index contributed by atoms with van der Waals surface area (Å²) in [6.45, 7) is 6.89. The molecule has 1 aliphatic heterocycles. The number of benzene rings is 1. The minimum Gasteiger partial charge on any atom is -0.312 e. The molecule has 1 aromatic rings. The van der Waals surface area contributed by atoms with Crippen molar-refractivity contribution in [3.63, 3.8) is 0 Å². The lowest BCUT2D eigenvalue weighted by atomic mass is 9.97. The van der Waals surface area contributed by atoms with E-state index in [4.69, 9.17) is 0 Å². The van der Waals surface area contributed by atoms with Gasteiger partial charge in [0.05, 0.1) is 0 Å². The molecule has 0 fully saturated rings. The molecule has 0 radical (unpaired) electrons. The minimum absolute atomic E-state index is 0.0746. The normalized spacial score (nSPS) is 15.1. The average molecular weight is 217 g/mol. The molecule has 0 unspecified atom stereocenters. The molecule has 1 aliphatic rings. The van der Waals surface area contributed by atoms with E-state index < -0.39 is 0 Å². The zero-order valence-electron chi connectivity index (χ0n) is 10.3. The van der Waals surface area contributed by atoms with E-state index >= 15 is 0 Å². The molecule has 1 aromatic carbocycles. The van der Waals surface area contributed by atoms with Crippen LogP contribution in [-0.4, -0.2) is 12.5 Å². The first kappa shape index (κ1) is 11.2. The van der Waals surface area contributed by atoms with Crippen LogP contribution in [0.4, 0.5) is 5.69 Å². The highest BCUT2D eigenvalue weighted by atomic mass is 16.2. The summed E-state index contributed by atoms with van der Waals surface area (Å²) in [7, 11) is 0. The fraction of sp³-hybridized carbons (Fsp3) is 0.500. The van der Waals surface area contributed by atoms with Crippen molar-refractivity contribution < 1.29 is 4.79 Å². The fourth-order valence-electron chi connectivity index (χ4n) is 2.38. The lowest BCUT2D eigenvalue weighted by Crippen LogP contribution is -2.38. The van der Waals surface area contributed by atoms with Crippen molar-refractivity contribution in [1.82, 2.24) is 0 Å². The number of fused-ring (bicyclic) bond motifs is 1. The molecule has 0 saturated heterocycles. The largest absolute Gasteiger partial charge is 0.312 e. The first-order chi connectivity index (χ1) is 7.61. The Hall–Kier alpha value is -1.31. The lowest BCUT2D eigenvalue weighted by Gasteiger charge is -2.32. The Morgan fingerprint density at radius 3 is 2.81 bits per heavy atom. The van der Waals surface area contributed by atoms with Crippen molar-refractivity contribution in [3.05, 3.63) is 29.3 Å². The standard InChI is InChI=1S/C14H19NO/c1-10(2)14(16)15-9-5-8-12-7-4-6-11(3)13(12)15/h4,6-7,10H,5,8-9H2,1-3H3. The Morgan fingerprint density at radius 2 is 2.12 bits per heavy atom. The lowest BCUT2D eigenvalue weighted by molar-refractivity contribution is -0.121. The molecule has 0 N–H and O–H groups in total. The molecule has 1 amide bonds. The van der Waals surface area contributed by atoms with Crippen molar-refractivity contribution in [3.8, 4) is 0 Å². The quantitative estimate of drug-likeness (QED) is 0.708. The van der Waals surface area contributed by atoms with Gasteiger partial charge in [-0.15, -0.1) is 0 Å². The predicted molar refractivity (Wildman–Crippen MR) is 66.7 cm³/mol. The Balaban J connectivity index is 2.43. The van der Waals surface area contributed by atoms with Crippen LogP contribution in [0.1, 0.15) is 31.4 Å². The summed E-state index contributed by atoms with van der Waals surface area (Å²) in [6, 6.07) is 6.31. The van der Waals surface area contributed by atoms with Crippen LogP contribution < -0.4 is 4.90 Å². The van der Waals surface area contributed by atoms with Gasteiger partial charge in [-0.05, 0) is 30.9 Å². The molecule has 16 heavy (non-hydrogen) atoms. The van der Waals surface area contributed by atoms with Gasteiger partial charge in [-0.3, -0.25) is 4.79 Å². The molecule has 0 aliphatic carbocycles. The van der Waals surface area contributed by atoms with E-state index in [2.05, 4.69) is 25.1 Å². The van der Waals surface area contributed by atoms with Crippen LogP contribution in [0, 0.1) is 12.8 Å². The Morgan fingerprint density at radius 1 is 1.38 bits per heavy atom. The maximum absolute atomic E-state index is 12.1. The van der Waals surface area contributed by atoms with Crippen LogP contribution in [-0.2, 0) is 11.2 Å². The van der Waals surface area contributed by atoms with Crippen LogP contribution >= 0.6 is 0 Å². The zero-order chi connectivity index (χ0) is 11.7. The van der Waals surface area contributed by atoms with Crippen molar-refractivity contribution in [1.29, 1.82) is 0 Å². The first-order valence-electron chi connectivity index (χ1n) is 6.01. The monoisotopic (exact) mass is 217 g/mol. The van der Waals surface area contributed by atoms with E-state index in [9.17, 15) is 4.79 Å². The first-order valence-corrected chi connectivity index (χ1v) is 6.01. The Bertz CT molecular complexity index is 409. The number of aryl methyl sites for hydroxylation is 2. The number of nitrogens with zero attached hydrogens (tertiary/aromatic N) is 1. The number of hydrogen-bond acceptors (Lipinski definition) is 1. The van der Waals surface area contributed by atoms with Gasteiger partial charge in [0.2, 0.25) is 5.91 Å². The summed E-state index contributed by atoms with van der Waals surface area (Å²) in [5.41, 5.74) is 3.69. The third-order valence-electron chi connectivity index (χ3n) is 3.18. The Kier molecular flexibility index (Phi) is 2.99. The maximum Gasteiger partial charge on any atom is 0.229 e. The van der Waals surface area contributed by atoms with Gasteiger partial charge in [-0.25, -0.2) is 0 Å². The van der Waals surface area contributed by atoms with Gasteiger partial charge in [0.25, 0.3) is 0 Å². The third-order valence-corrected chi connectivity index (χ3v) is 3.18. The van der Waals surface area contributed by atoms with Gasteiger partial charge in [0, 0.05) is 18.2 Å². The minimum atomic E-state index is 0.0746. The number of carbonyl (C=O) groups is 1. The van der Waals surface area contributed by atoms with E-state index in [1.165, 1.54) is 11.1 Å². The SMILES string of the molecule is Cc1cccc2c1N(C(=O)C(C)C)CCC2. The van der Waals surface area contributed by atoms with Gasteiger partial charge < -0.3 is 4.90 Å². The molecule has 2 nitrogen and oxygen atoms in total. The van der Waals surface area contributed by atoms with Crippen molar-refractivity contribution in [2.24, 2.45) is 5.92 Å². The van der Waals surface area contributed by atoms with E-state index in [-0.39, 0.29) is 11.8 Å². The second kappa shape index (κ2) is 4.28. The molecule has 2 rings (SSSR count). The van der Waals surface area contributed by atoms with Gasteiger partial charge in [-0.2, -0.15) is 0 Å². The molecule has 1 heterocycles. The molecular formula is C14H19NO. The van der Waals surface area contributed by atoms with Crippen LogP contribution in [0.15, 0.2) is 18.2 Å². The summed E-state index contributed by atoms with van der Waals surface area (Å²) < 4.78 is 0. The predicted octanol–water partition coefficient (Wildman–Crippen LogP) is 2.93. The van der Waals surface area contributed by atoms with Crippen LogP contribution in [0.3, 0.4) is 0 Å². The van der Waals surface area contributed by atoms with Crippen LogP contribution in [0.25, 0.3) is 0 Å². The van der Waals surface area contributed by atoms with E-state index in [0.29, 0.717) is 0 Å². The second-order valence-electron chi connectivity index (χ2n) is 4.83. The van der Waals surface area contributed by atoms with E-state index in [1.807, 2.05) is 18.7 Å². The van der Waals surface area contributed by atoms with Gasteiger partial charge in [0.15, 0.2) is 0 Å². The molecular weight excluding hydrogens is 198 g/mol. The van der Waals surface area contributed by atoms with Crippen molar-refractivity contribution >= 4 is 11.6 Å². The fourth-order valence-corrected chi connectivity index (χ4v) is 2.38. The smallest absolute Gasteiger partial charge is 0.229 e. The second-order valence-corrected chi connectivity index (χ2v) is 4.83. The highest BCUT2D eigenvalue weighted by Gasteiger charge is 2.25. The molecule has 0 saturated carbocycles. The summed E-state index contributed by atoms with van der Waals surface area (Å²) in [5.74, 6) is 0.320. The highest BCUT2D eigenvalue weighted by molar-refractivity contribution is 5.96. The third kappa shape index (κ3) is 1.84. The molecule has 2 heteroatoms. The van der Waals surface area contributed by atoms with Gasteiger partial charge in [-0.1, -0.05) is 32.0 Å². The summed E-state index contributed by atoms with van der Waals surface area (Å²) in [5, 5.41) is 0. The Labute approximate surface area is 97.3 Å². The average Bonchev–Trinajstić information content (AvgIpc) is 2.27. The maximum atomic E-state index is 12.1. The van der Waals surface area contributed by atoms with E-state index in [1.54, 1.807) is 0 Å². The summed E-state index contributed by atoms with van der Waals surface area (Å²) in [6.07, 6.45) is 2.17. The number of rotatable bonds is 1. The molecule has 0 spiro atoms. The van der Waals surface area contributed by atoms with Crippen LogP contribution in [0.5, 0.6) is 0 Å². The summed E-state index contributed by atoms with van der Waals surface area (Å²) in [4.78, 5) is 14.1.